The lowest BCUT2D eigenvalue weighted by molar-refractivity contribution is -0.146. The Labute approximate surface area is 99.3 Å². The van der Waals surface area contributed by atoms with Crippen molar-refractivity contribution in [3.63, 3.8) is 0 Å². The van der Waals surface area contributed by atoms with Crippen LogP contribution in [0.4, 0.5) is 4.39 Å². The number of esters is 1. The molecule has 0 fully saturated rings. The van der Waals surface area contributed by atoms with E-state index in [4.69, 9.17) is 0 Å². The van der Waals surface area contributed by atoms with Crippen LogP contribution in [0.3, 0.4) is 0 Å². The molecule has 0 amide bonds. The van der Waals surface area contributed by atoms with Gasteiger partial charge in [0.25, 0.3) is 0 Å². The van der Waals surface area contributed by atoms with Crippen molar-refractivity contribution in [2.45, 2.75) is 18.0 Å². The standard InChI is InChI=1S/C11H13FO4S/c1-3-17(14,15)9-7-5-4-6-8(9)10(12)11(13)16-2/h4-7,10H,3H2,1-2H3. The lowest BCUT2D eigenvalue weighted by atomic mass is 10.1. The second-order valence-corrected chi connectivity index (χ2v) is 5.57. The van der Waals surface area contributed by atoms with Crippen LogP contribution in [-0.4, -0.2) is 27.2 Å². The van der Waals surface area contributed by atoms with E-state index in [0.717, 1.165) is 7.11 Å². The topological polar surface area (TPSA) is 60.4 Å². The average molecular weight is 260 g/mol. The lowest BCUT2D eigenvalue weighted by Crippen LogP contribution is -2.14. The van der Waals surface area contributed by atoms with E-state index in [-0.39, 0.29) is 16.2 Å². The molecule has 0 radical (unpaired) electrons. The Hall–Kier alpha value is -1.43. The molecule has 1 unspecified atom stereocenters. The van der Waals surface area contributed by atoms with E-state index in [0.29, 0.717) is 0 Å². The zero-order chi connectivity index (χ0) is 13.1. The van der Waals surface area contributed by atoms with Gasteiger partial charge in [-0.15, -0.1) is 0 Å². The minimum absolute atomic E-state index is 0.155. The van der Waals surface area contributed by atoms with Gasteiger partial charge < -0.3 is 4.74 Å². The van der Waals surface area contributed by atoms with Crippen LogP contribution in [0.5, 0.6) is 0 Å². The molecule has 0 aliphatic rings. The van der Waals surface area contributed by atoms with Gasteiger partial charge in [-0.3, -0.25) is 0 Å². The van der Waals surface area contributed by atoms with Gasteiger partial charge in [0.15, 0.2) is 9.84 Å². The number of carbonyl (C=O) groups excluding carboxylic acids is 1. The Morgan fingerprint density at radius 3 is 2.53 bits per heavy atom. The lowest BCUT2D eigenvalue weighted by Gasteiger charge is -2.11. The van der Waals surface area contributed by atoms with Crippen molar-refractivity contribution in [3.05, 3.63) is 29.8 Å². The second-order valence-electron chi connectivity index (χ2n) is 3.33. The van der Waals surface area contributed by atoms with E-state index in [2.05, 4.69) is 4.74 Å². The van der Waals surface area contributed by atoms with E-state index in [9.17, 15) is 17.6 Å². The molecule has 1 rings (SSSR count). The van der Waals surface area contributed by atoms with Crippen LogP contribution >= 0.6 is 0 Å². The molecule has 0 N–H and O–H groups in total. The van der Waals surface area contributed by atoms with Gasteiger partial charge in [0.05, 0.1) is 17.8 Å². The maximum Gasteiger partial charge on any atom is 0.345 e. The van der Waals surface area contributed by atoms with Crippen molar-refractivity contribution in [1.29, 1.82) is 0 Å². The molecule has 0 aromatic heterocycles. The third kappa shape index (κ3) is 2.82. The first-order chi connectivity index (χ1) is 7.94. The third-order valence-electron chi connectivity index (χ3n) is 2.32. The van der Waals surface area contributed by atoms with Gasteiger partial charge in [0.1, 0.15) is 0 Å². The molecule has 0 heterocycles. The van der Waals surface area contributed by atoms with E-state index >= 15 is 0 Å². The molecule has 0 aliphatic carbocycles. The first-order valence-corrected chi connectivity index (χ1v) is 6.62. The molecule has 1 aromatic carbocycles. The predicted molar refractivity (Wildman–Crippen MR) is 60.0 cm³/mol. The monoisotopic (exact) mass is 260 g/mol. The summed E-state index contributed by atoms with van der Waals surface area (Å²) in [5.74, 6) is -1.26. The number of alkyl halides is 1. The number of halogens is 1. The highest BCUT2D eigenvalue weighted by Gasteiger charge is 2.27. The van der Waals surface area contributed by atoms with Crippen molar-refractivity contribution in [1.82, 2.24) is 0 Å². The van der Waals surface area contributed by atoms with Crippen LogP contribution in [0.1, 0.15) is 18.7 Å². The van der Waals surface area contributed by atoms with Crippen molar-refractivity contribution < 1.29 is 22.3 Å². The minimum atomic E-state index is -3.56. The summed E-state index contributed by atoms with van der Waals surface area (Å²) in [4.78, 5) is 10.9. The summed E-state index contributed by atoms with van der Waals surface area (Å²) in [6.07, 6.45) is -2.09. The number of hydrogen-bond donors (Lipinski definition) is 0. The van der Waals surface area contributed by atoms with Crippen molar-refractivity contribution in [2.75, 3.05) is 12.9 Å². The summed E-state index contributed by atoms with van der Waals surface area (Å²) in [5.41, 5.74) is -0.179. The molecule has 0 aliphatic heterocycles. The Kier molecular flexibility index (Phi) is 4.22. The molecule has 94 valence electrons. The Morgan fingerprint density at radius 1 is 1.41 bits per heavy atom. The molecule has 17 heavy (non-hydrogen) atoms. The molecule has 0 bridgehead atoms. The van der Waals surface area contributed by atoms with E-state index < -0.39 is 22.0 Å². The molecule has 4 nitrogen and oxygen atoms in total. The number of hydrogen-bond acceptors (Lipinski definition) is 4. The third-order valence-corrected chi connectivity index (χ3v) is 4.12. The zero-order valence-corrected chi connectivity index (χ0v) is 10.3. The van der Waals surface area contributed by atoms with Crippen LogP contribution in [0, 0.1) is 0 Å². The Morgan fingerprint density at radius 2 is 2.00 bits per heavy atom. The maximum absolute atomic E-state index is 13.7. The number of methoxy groups -OCH3 is 1. The highest BCUT2D eigenvalue weighted by atomic mass is 32.2. The fourth-order valence-corrected chi connectivity index (χ4v) is 2.49. The normalized spacial score (nSPS) is 13.1. The smallest absolute Gasteiger partial charge is 0.345 e. The summed E-state index contributed by atoms with van der Waals surface area (Å²) in [6.45, 7) is 1.46. The summed E-state index contributed by atoms with van der Waals surface area (Å²) in [5, 5.41) is 0. The zero-order valence-electron chi connectivity index (χ0n) is 9.51. The summed E-state index contributed by atoms with van der Waals surface area (Å²) in [7, 11) is -2.52. The fraction of sp³-hybridized carbons (Fsp3) is 0.364. The van der Waals surface area contributed by atoms with E-state index in [1.807, 2.05) is 0 Å². The molecule has 1 aromatic rings. The number of carbonyl (C=O) groups is 1. The van der Waals surface area contributed by atoms with E-state index in [1.54, 1.807) is 0 Å². The van der Waals surface area contributed by atoms with Gasteiger partial charge in [-0.2, -0.15) is 0 Å². The van der Waals surface area contributed by atoms with Gasteiger partial charge >= 0.3 is 5.97 Å². The first-order valence-electron chi connectivity index (χ1n) is 4.97. The number of sulfone groups is 1. The average Bonchev–Trinajstić information content (AvgIpc) is 2.36. The molecule has 1 atom stereocenters. The van der Waals surface area contributed by atoms with Gasteiger partial charge in [-0.05, 0) is 6.07 Å². The van der Waals surface area contributed by atoms with Crippen LogP contribution in [0.2, 0.25) is 0 Å². The SMILES string of the molecule is CCS(=O)(=O)c1ccccc1C(F)C(=O)OC. The summed E-state index contributed by atoms with van der Waals surface area (Å²) < 4.78 is 41.4. The number of ether oxygens (including phenoxy) is 1. The van der Waals surface area contributed by atoms with Crippen LogP contribution in [0.25, 0.3) is 0 Å². The van der Waals surface area contributed by atoms with Crippen molar-refractivity contribution >= 4 is 15.8 Å². The largest absolute Gasteiger partial charge is 0.467 e. The molecule has 0 saturated carbocycles. The summed E-state index contributed by atoms with van der Waals surface area (Å²) in [6, 6.07) is 5.50. The van der Waals surface area contributed by atoms with Crippen LogP contribution in [-0.2, 0) is 19.4 Å². The highest BCUT2D eigenvalue weighted by molar-refractivity contribution is 7.91. The molecular weight excluding hydrogens is 247 g/mol. The van der Waals surface area contributed by atoms with Crippen LogP contribution < -0.4 is 0 Å². The van der Waals surface area contributed by atoms with Gasteiger partial charge in [-0.25, -0.2) is 17.6 Å². The minimum Gasteiger partial charge on any atom is -0.467 e. The van der Waals surface area contributed by atoms with E-state index in [1.165, 1.54) is 31.2 Å². The Balaban J connectivity index is 3.31. The number of benzene rings is 1. The van der Waals surface area contributed by atoms with Crippen molar-refractivity contribution in [2.24, 2.45) is 0 Å². The fourth-order valence-electron chi connectivity index (χ4n) is 1.36. The molecule has 0 saturated heterocycles. The number of rotatable bonds is 4. The highest BCUT2D eigenvalue weighted by Crippen LogP contribution is 2.26. The summed E-state index contributed by atoms with van der Waals surface area (Å²) >= 11 is 0. The van der Waals surface area contributed by atoms with Crippen LogP contribution in [0.15, 0.2) is 29.2 Å². The maximum atomic E-state index is 13.7. The first kappa shape index (κ1) is 13.6. The van der Waals surface area contributed by atoms with Gasteiger partial charge in [0, 0.05) is 5.56 Å². The van der Waals surface area contributed by atoms with Gasteiger partial charge in [-0.1, -0.05) is 25.1 Å². The Bertz CT molecular complexity index is 510. The molecular formula is C11H13FO4S. The van der Waals surface area contributed by atoms with Crippen molar-refractivity contribution in [3.8, 4) is 0 Å². The van der Waals surface area contributed by atoms with Gasteiger partial charge in [0.2, 0.25) is 6.17 Å². The molecule has 6 heteroatoms. The second kappa shape index (κ2) is 5.27. The quantitative estimate of drug-likeness (QED) is 0.772. The predicted octanol–water partition coefficient (Wildman–Crippen LogP) is 1.66. The molecule has 0 spiro atoms.